The number of anilines is 2. The molecule has 4 rings (SSSR count). The van der Waals surface area contributed by atoms with Crippen LogP contribution in [0.1, 0.15) is 56.4 Å². The zero-order valence-corrected chi connectivity index (χ0v) is 20.5. The van der Waals surface area contributed by atoms with E-state index in [-0.39, 0.29) is 12.1 Å². The first kappa shape index (κ1) is 23.2. The number of nitrogen functional groups attached to an aromatic ring is 1. The van der Waals surface area contributed by atoms with E-state index in [1.54, 1.807) is 4.52 Å². The Morgan fingerprint density at radius 2 is 1.91 bits per heavy atom. The molecule has 0 atom stereocenters. The van der Waals surface area contributed by atoms with Crippen molar-refractivity contribution in [2.24, 2.45) is 0 Å². The fourth-order valence-corrected chi connectivity index (χ4v) is 4.53. The molecule has 9 heteroatoms. The second kappa shape index (κ2) is 9.91. The molecule has 1 fully saturated rings. The summed E-state index contributed by atoms with van der Waals surface area (Å²) >= 11 is 0. The molecule has 3 aromatic rings. The highest BCUT2D eigenvalue weighted by Gasteiger charge is 2.22. The first-order valence-electron chi connectivity index (χ1n) is 11.9. The lowest BCUT2D eigenvalue weighted by molar-refractivity contribution is 0.174. The first-order valence-corrected chi connectivity index (χ1v) is 11.9. The fourth-order valence-electron chi connectivity index (χ4n) is 4.53. The molecule has 0 bridgehead atoms. The van der Waals surface area contributed by atoms with Crippen molar-refractivity contribution in [1.29, 1.82) is 0 Å². The van der Waals surface area contributed by atoms with Crippen LogP contribution in [-0.4, -0.2) is 68.8 Å². The highest BCUT2D eigenvalue weighted by molar-refractivity contribution is 5.59. The third-order valence-electron chi connectivity index (χ3n) is 6.55. The van der Waals surface area contributed by atoms with Crippen LogP contribution < -0.4 is 15.4 Å². The second-order valence-corrected chi connectivity index (χ2v) is 9.18. The van der Waals surface area contributed by atoms with Crippen molar-refractivity contribution in [2.45, 2.75) is 65.0 Å². The lowest BCUT2D eigenvalue weighted by Crippen LogP contribution is -2.42. The Kier molecular flexibility index (Phi) is 6.97. The predicted octanol–water partition coefficient (Wildman–Crippen LogP) is 3.10. The minimum atomic E-state index is 0.0751. The van der Waals surface area contributed by atoms with Gasteiger partial charge in [0.25, 0.3) is 0 Å². The maximum Gasteiger partial charge on any atom is 0.336 e. The van der Waals surface area contributed by atoms with Gasteiger partial charge in [-0.05, 0) is 57.8 Å². The molecule has 1 aliphatic rings. The number of aryl methyl sites for hydroxylation is 1. The third kappa shape index (κ3) is 5.19. The quantitative estimate of drug-likeness (QED) is 0.557. The van der Waals surface area contributed by atoms with Crippen LogP contribution in [0, 0.1) is 6.92 Å². The Morgan fingerprint density at radius 3 is 2.55 bits per heavy atom. The van der Waals surface area contributed by atoms with Gasteiger partial charge in [0.15, 0.2) is 11.5 Å². The van der Waals surface area contributed by atoms with E-state index in [1.165, 1.54) is 18.4 Å². The molecule has 0 amide bonds. The Morgan fingerprint density at radius 1 is 1.18 bits per heavy atom. The number of fused-ring (bicyclic) bond motifs is 1. The van der Waals surface area contributed by atoms with Crippen LogP contribution in [0.25, 0.3) is 5.65 Å². The van der Waals surface area contributed by atoms with Crippen LogP contribution in [0.3, 0.4) is 0 Å². The normalized spacial score (nSPS) is 15.2. The van der Waals surface area contributed by atoms with Crippen molar-refractivity contribution in [1.82, 2.24) is 29.5 Å². The van der Waals surface area contributed by atoms with Crippen molar-refractivity contribution >= 4 is 17.3 Å². The van der Waals surface area contributed by atoms with Crippen molar-refractivity contribution in [3.05, 3.63) is 35.3 Å². The summed E-state index contributed by atoms with van der Waals surface area (Å²) in [7, 11) is 4.33. The van der Waals surface area contributed by atoms with E-state index in [0.717, 1.165) is 43.0 Å². The topological polar surface area (TPSA) is 97.7 Å². The molecule has 3 aromatic heterocycles. The molecule has 0 aliphatic carbocycles. The molecule has 0 spiro atoms. The number of pyridine rings is 1. The van der Waals surface area contributed by atoms with Crippen molar-refractivity contribution in [3.8, 4) is 6.01 Å². The van der Waals surface area contributed by atoms with E-state index in [0.29, 0.717) is 23.9 Å². The largest absolute Gasteiger partial charge is 0.459 e. The number of aromatic nitrogens is 5. The Bertz CT molecular complexity index is 1080. The molecule has 1 aliphatic heterocycles. The smallest absolute Gasteiger partial charge is 0.336 e. The third-order valence-corrected chi connectivity index (χ3v) is 6.55. The Labute approximate surface area is 196 Å². The van der Waals surface area contributed by atoms with E-state index in [4.69, 9.17) is 15.5 Å². The summed E-state index contributed by atoms with van der Waals surface area (Å²) in [5.74, 6) is 1.41. The Balaban J connectivity index is 1.48. The number of ether oxygens (including phenoxy) is 1. The monoisotopic (exact) mass is 452 g/mol. The number of rotatable bonds is 8. The van der Waals surface area contributed by atoms with Crippen LogP contribution in [0.2, 0.25) is 0 Å². The van der Waals surface area contributed by atoms with Crippen LogP contribution in [0.5, 0.6) is 6.01 Å². The van der Waals surface area contributed by atoms with Gasteiger partial charge in [0.1, 0.15) is 11.9 Å². The number of hydrogen-bond acceptors (Lipinski definition) is 8. The van der Waals surface area contributed by atoms with Gasteiger partial charge >= 0.3 is 6.01 Å². The van der Waals surface area contributed by atoms with Crippen molar-refractivity contribution in [3.63, 3.8) is 0 Å². The molecule has 2 N–H and O–H groups in total. The van der Waals surface area contributed by atoms with E-state index in [9.17, 15) is 0 Å². The van der Waals surface area contributed by atoms with Gasteiger partial charge in [-0.25, -0.2) is 14.5 Å². The number of hydrogen-bond donors (Lipinski definition) is 1. The summed E-state index contributed by atoms with van der Waals surface area (Å²) in [4.78, 5) is 18.5. The van der Waals surface area contributed by atoms with Gasteiger partial charge in [0.05, 0.1) is 11.9 Å². The molecule has 4 heterocycles. The maximum atomic E-state index is 6.14. The van der Waals surface area contributed by atoms with Gasteiger partial charge < -0.3 is 20.3 Å². The lowest BCUT2D eigenvalue weighted by atomic mass is 10.0. The second-order valence-electron chi connectivity index (χ2n) is 9.18. The molecule has 0 unspecified atom stereocenters. The molecular weight excluding hydrogens is 416 g/mol. The standard InChI is InChI=1S/C24H36N8O/c1-6-20(7-2)33-24-28-21(25)23-27-18(15-32(23)29-24)13-17-12-16(3)22(26-14-17)31-10-8-19(9-11-31)30(4)5/h12,14-15,19-20H,6-11,13H2,1-5H3,(H2,25,28,29). The molecular formula is C24H36N8O. The minimum Gasteiger partial charge on any atom is -0.459 e. The molecule has 9 nitrogen and oxygen atoms in total. The minimum absolute atomic E-state index is 0.0751. The fraction of sp³-hybridized carbons (Fsp3) is 0.583. The van der Waals surface area contributed by atoms with E-state index in [2.05, 4.69) is 65.8 Å². The van der Waals surface area contributed by atoms with Gasteiger partial charge in [0.2, 0.25) is 0 Å². The molecule has 0 radical (unpaired) electrons. The van der Waals surface area contributed by atoms with Crippen molar-refractivity contribution < 1.29 is 4.74 Å². The number of nitrogens with zero attached hydrogens (tertiary/aromatic N) is 7. The molecule has 33 heavy (non-hydrogen) atoms. The van der Waals surface area contributed by atoms with E-state index >= 15 is 0 Å². The average molecular weight is 453 g/mol. The van der Waals surface area contributed by atoms with Gasteiger partial charge in [0, 0.05) is 31.7 Å². The summed E-state index contributed by atoms with van der Waals surface area (Å²) in [6, 6.07) is 3.16. The molecule has 0 aromatic carbocycles. The highest BCUT2D eigenvalue weighted by atomic mass is 16.5. The number of imidazole rings is 1. The predicted molar refractivity (Wildman–Crippen MR) is 131 cm³/mol. The summed E-state index contributed by atoms with van der Waals surface area (Å²) in [6.45, 7) is 8.39. The van der Waals surface area contributed by atoms with Crippen LogP contribution in [-0.2, 0) is 6.42 Å². The van der Waals surface area contributed by atoms with E-state index in [1.807, 2.05) is 12.4 Å². The van der Waals surface area contributed by atoms with Crippen LogP contribution in [0.4, 0.5) is 11.6 Å². The average Bonchev–Trinajstić information content (AvgIpc) is 3.20. The van der Waals surface area contributed by atoms with Gasteiger partial charge in [-0.15, -0.1) is 5.10 Å². The van der Waals surface area contributed by atoms with Gasteiger partial charge in [-0.2, -0.15) is 4.98 Å². The summed E-state index contributed by atoms with van der Waals surface area (Å²) in [6.07, 6.45) is 8.70. The molecule has 0 saturated carbocycles. The number of nitrogens with two attached hydrogens (primary N) is 1. The molecule has 1 saturated heterocycles. The Hall–Kier alpha value is -2.94. The van der Waals surface area contributed by atoms with E-state index < -0.39 is 0 Å². The van der Waals surface area contributed by atoms with Crippen LogP contribution in [0.15, 0.2) is 18.5 Å². The highest BCUT2D eigenvalue weighted by Crippen LogP contribution is 2.24. The lowest BCUT2D eigenvalue weighted by Gasteiger charge is -2.36. The summed E-state index contributed by atoms with van der Waals surface area (Å²) in [5.41, 5.74) is 9.87. The zero-order valence-electron chi connectivity index (χ0n) is 20.5. The summed E-state index contributed by atoms with van der Waals surface area (Å²) in [5, 5.41) is 4.46. The molecule has 178 valence electrons. The van der Waals surface area contributed by atoms with Crippen molar-refractivity contribution in [2.75, 3.05) is 37.8 Å². The first-order chi connectivity index (χ1) is 15.9. The van der Waals surface area contributed by atoms with Gasteiger partial charge in [-0.3, -0.25) is 0 Å². The maximum absolute atomic E-state index is 6.14. The zero-order chi connectivity index (χ0) is 23.5. The summed E-state index contributed by atoms with van der Waals surface area (Å²) < 4.78 is 7.53. The van der Waals surface area contributed by atoms with Crippen LogP contribution >= 0.6 is 0 Å². The number of piperidine rings is 1. The van der Waals surface area contributed by atoms with Gasteiger partial charge in [-0.1, -0.05) is 19.9 Å². The SMILES string of the molecule is CCC(CC)Oc1nc(N)c2nc(Cc3cnc(N4CCC(N(C)C)CC4)c(C)c3)cn2n1.